The summed E-state index contributed by atoms with van der Waals surface area (Å²) in [6.07, 6.45) is -7.71. The summed E-state index contributed by atoms with van der Waals surface area (Å²) in [6.45, 7) is 11.2. The molecule has 61 heavy (non-hydrogen) atoms. The topological polar surface area (TPSA) is 6.48 Å². The Labute approximate surface area is 355 Å². The monoisotopic (exact) mass is 830 g/mol. The molecule has 0 amide bonds. The molecule has 7 rings (SSSR count). The number of fused-ring (bicyclic) bond motifs is 2. The fourth-order valence-corrected chi connectivity index (χ4v) is 9.58. The van der Waals surface area contributed by atoms with Crippen LogP contribution >= 0.6 is 0 Å². The molecule has 7 aromatic rings. The molecule has 8 heteroatoms. The van der Waals surface area contributed by atoms with Gasteiger partial charge in [0.05, 0.1) is 5.69 Å². The van der Waals surface area contributed by atoms with Gasteiger partial charge >= 0.3 is 12.4 Å². The van der Waals surface area contributed by atoms with E-state index in [2.05, 4.69) is 46.8 Å². The van der Waals surface area contributed by atoms with Crippen molar-refractivity contribution in [1.29, 1.82) is 0 Å². The number of hydrogen-bond acceptors (Lipinski definition) is 2. The molecule has 0 aromatic heterocycles. The number of hydrogen-bond donors (Lipinski definition) is 0. The minimum atomic E-state index is -5.79. The molecule has 0 aliphatic rings. The van der Waals surface area contributed by atoms with Gasteiger partial charge in [-0.05, 0) is 106 Å². The Kier molecular flexibility index (Phi) is 11.8. The number of nitrogens with zero attached hydrogens (tertiary/aromatic N) is 2. The predicted molar refractivity (Wildman–Crippen MR) is 241 cm³/mol. The molecule has 1 unspecified atom stereocenters. The van der Waals surface area contributed by atoms with Gasteiger partial charge in [0, 0.05) is 40.6 Å². The first-order chi connectivity index (χ1) is 29.0. The van der Waals surface area contributed by atoms with Gasteiger partial charge in [-0.1, -0.05) is 150 Å². The molecule has 0 bridgehead atoms. The summed E-state index contributed by atoms with van der Waals surface area (Å²) in [6, 6.07) is 43.9. The summed E-state index contributed by atoms with van der Waals surface area (Å²) in [5.41, 5.74) is -3.09. The van der Waals surface area contributed by atoms with Crippen LogP contribution in [0.25, 0.3) is 21.5 Å². The molecule has 0 aliphatic heterocycles. The maximum absolute atomic E-state index is 15.9. The third kappa shape index (κ3) is 7.42. The first kappa shape index (κ1) is 43.3. The van der Waals surface area contributed by atoms with Gasteiger partial charge in [0.25, 0.3) is 0 Å². The normalized spacial score (nSPS) is 13.6. The fourth-order valence-electron chi connectivity index (χ4n) is 9.58. The summed E-state index contributed by atoms with van der Waals surface area (Å²) >= 11 is 0. The molecule has 0 spiro atoms. The van der Waals surface area contributed by atoms with E-state index < -0.39 is 28.9 Å². The van der Waals surface area contributed by atoms with Crippen molar-refractivity contribution >= 4 is 50.0 Å². The largest absolute Gasteiger partial charge is 0.411 e. The predicted octanol–water partition coefficient (Wildman–Crippen LogP) is 16.5. The van der Waals surface area contributed by atoms with Crippen LogP contribution in [0.5, 0.6) is 0 Å². The smallest absolute Gasteiger partial charge is 0.344 e. The molecule has 0 heterocycles. The van der Waals surface area contributed by atoms with Gasteiger partial charge in [-0.3, -0.25) is 0 Å². The van der Waals surface area contributed by atoms with Crippen molar-refractivity contribution in [1.82, 2.24) is 0 Å². The van der Waals surface area contributed by atoms with E-state index in [0.29, 0.717) is 17.1 Å². The summed E-state index contributed by atoms with van der Waals surface area (Å²) in [5.74, 6) is 0. The van der Waals surface area contributed by atoms with Crippen molar-refractivity contribution in [2.24, 2.45) is 5.41 Å². The van der Waals surface area contributed by atoms with Gasteiger partial charge in [0.15, 0.2) is 0 Å². The minimum Gasteiger partial charge on any atom is -0.344 e. The third-order valence-electron chi connectivity index (χ3n) is 13.6. The van der Waals surface area contributed by atoms with Crippen LogP contribution in [0.2, 0.25) is 0 Å². The second-order valence-electron chi connectivity index (χ2n) is 16.6. The van der Waals surface area contributed by atoms with E-state index in [4.69, 9.17) is 0 Å². The van der Waals surface area contributed by atoms with Gasteiger partial charge < -0.3 is 9.80 Å². The van der Waals surface area contributed by atoms with E-state index in [0.717, 1.165) is 77.1 Å². The zero-order valence-corrected chi connectivity index (χ0v) is 35.5. The summed E-state index contributed by atoms with van der Waals surface area (Å²) in [5, 5.41) is 3.37. The maximum atomic E-state index is 15.9. The molecule has 0 saturated carbocycles. The Morgan fingerprint density at radius 3 is 1.44 bits per heavy atom. The van der Waals surface area contributed by atoms with Crippen LogP contribution in [-0.4, -0.2) is 19.4 Å². The average Bonchev–Trinajstić information content (AvgIpc) is 3.25. The van der Waals surface area contributed by atoms with Gasteiger partial charge in [-0.2, -0.15) is 26.3 Å². The van der Waals surface area contributed by atoms with Crippen molar-refractivity contribution in [2.45, 2.75) is 83.5 Å². The van der Waals surface area contributed by atoms with Crippen molar-refractivity contribution < 1.29 is 26.3 Å². The van der Waals surface area contributed by atoms with Gasteiger partial charge in [-0.25, -0.2) is 0 Å². The number of rotatable bonds is 13. The zero-order valence-electron chi connectivity index (χ0n) is 35.5. The van der Waals surface area contributed by atoms with E-state index in [1.807, 2.05) is 91.0 Å². The van der Waals surface area contributed by atoms with E-state index in [-0.39, 0.29) is 22.2 Å². The van der Waals surface area contributed by atoms with E-state index in [9.17, 15) is 0 Å². The second kappa shape index (κ2) is 16.6. The highest BCUT2D eigenvalue weighted by Gasteiger charge is 2.72. The quantitative estimate of drug-likeness (QED) is 0.107. The van der Waals surface area contributed by atoms with Gasteiger partial charge in [-0.15, -0.1) is 0 Å². The van der Waals surface area contributed by atoms with E-state index >= 15 is 26.3 Å². The van der Waals surface area contributed by atoms with Crippen LogP contribution in [-0.2, 0) is 10.8 Å². The molecule has 0 aliphatic carbocycles. The van der Waals surface area contributed by atoms with Gasteiger partial charge in [0.2, 0.25) is 5.41 Å². The van der Waals surface area contributed by atoms with Crippen molar-refractivity contribution in [3.05, 3.63) is 174 Å². The highest BCUT2D eigenvalue weighted by molar-refractivity contribution is 5.99. The van der Waals surface area contributed by atoms with Crippen LogP contribution in [0, 0.1) is 5.41 Å². The fraction of sp³-hybridized carbons (Fsp3) is 0.283. The Bertz CT molecular complexity index is 2600. The van der Waals surface area contributed by atoms with Crippen LogP contribution in [0.3, 0.4) is 0 Å². The SMILES string of the molecule is CCCC(C)(c1ccc(N(c2cccc(C(c3cccc(N(C)c4cccc5ccccc45)c3)(C(F)(F)F)C(F)(F)F)c2)c2cccc3ccccc23)cc1)C(C)(CC)CC. The third-order valence-corrected chi connectivity index (χ3v) is 13.6. The van der Waals surface area contributed by atoms with E-state index in [1.165, 1.54) is 18.2 Å². The molecule has 0 radical (unpaired) electrons. The molecular formula is C53H52F6N2. The van der Waals surface area contributed by atoms with Crippen molar-refractivity contribution in [3.8, 4) is 0 Å². The molecule has 7 aromatic carbocycles. The van der Waals surface area contributed by atoms with Crippen LogP contribution in [0.1, 0.15) is 77.0 Å². The molecule has 0 fully saturated rings. The van der Waals surface area contributed by atoms with Crippen LogP contribution < -0.4 is 9.80 Å². The molecule has 0 N–H and O–H groups in total. The lowest BCUT2D eigenvalue weighted by Crippen LogP contribution is -2.54. The van der Waals surface area contributed by atoms with Crippen LogP contribution in [0.15, 0.2) is 158 Å². The molecule has 1 atom stereocenters. The van der Waals surface area contributed by atoms with Crippen LogP contribution in [0.4, 0.5) is 54.8 Å². The molecular weight excluding hydrogens is 779 g/mol. The van der Waals surface area contributed by atoms with Gasteiger partial charge in [0.1, 0.15) is 0 Å². The second-order valence-corrected chi connectivity index (χ2v) is 16.6. The molecule has 316 valence electrons. The summed E-state index contributed by atoms with van der Waals surface area (Å²) in [7, 11) is 1.65. The average molecular weight is 831 g/mol. The Morgan fingerprint density at radius 1 is 0.459 bits per heavy atom. The number of benzene rings is 7. The number of anilines is 5. The standard InChI is InChI=1S/C53H52F6N2/c1-7-34-50(5,49(4,8-2)9-3)39-30-32-42(33-31-39)61(48-29-15-21-38-19-11-13-27-46(38)48)44-25-17-23-41(36-44)51(52(54,55)56,53(57,58)59)40-22-16-24-43(35-40)60(6)47-28-14-20-37-18-10-12-26-45(37)47/h10-33,35-36H,7-9,34H2,1-6H3. The lowest BCUT2D eigenvalue weighted by atomic mass is 9.57. The molecule has 0 saturated heterocycles. The summed E-state index contributed by atoms with van der Waals surface area (Å²) < 4.78 is 95.5. The highest BCUT2D eigenvalue weighted by atomic mass is 19.4. The number of alkyl halides is 6. The Morgan fingerprint density at radius 2 is 0.918 bits per heavy atom. The number of halogens is 6. The van der Waals surface area contributed by atoms with E-state index in [1.54, 1.807) is 29.0 Å². The Hall–Kier alpha value is -5.76. The van der Waals surface area contributed by atoms with Crippen molar-refractivity contribution in [2.75, 3.05) is 16.8 Å². The first-order valence-electron chi connectivity index (χ1n) is 21.0. The first-order valence-corrected chi connectivity index (χ1v) is 21.0. The lowest BCUT2D eigenvalue weighted by molar-refractivity contribution is -0.288. The minimum absolute atomic E-state index is 0.00626. The zero-order chi connectivity index (χ0) is 43.8. The molecule has 2 nitrogen and oxygen atoms in total. The highest BCUT2D eigenvalue weighted by Crippen LogP contribution is 2.58. The summed E-state index contributed by atoms with van der Waals surface area (Å²) in [4.78, 5) is 3.40. The Balaban J connectivity index is 1.43. The van der Waals surface area contributed by atoms with Crippen molar-refractivity contribution in [3.63, 3.8) is 0 Å². The lowest BCUT2D eigenvalue weighted by Gasteiger charge is -2.47. The maximum Gasteiger partial charge on any atom is 0.411 e.